The first-order valence-corrected chi connectivity index (χ1v) is 12.1. The lowest BCUT2D eigenvalue weighted by Crippen LogP contribution is -2.41. The van der Waals surface area contributed by atoms with Crippen molar-refractivity contribution >= 4 is 17.7 Å². The molecule has 2 saturated heterocycles. The van der Waals surface area contributed by atoms with Crippen LogP contribution in [0.1, 0.15) is 54.6 Å². The van der Waals surface area contributed by atoms with E-state index in [9.17, 15) is 9.59 Å². The number of hydrogen-bond acceptors (Lipinski definition) is 7. The van der Waals surface area contributed by atoms with Crippen molar-refractivity contribution in [2.24, 2.45) is 5.92 Å². The van der Waals surface area contributed by atoms with Gasteiger partial charge in [0.1, 0.15) is 11.4 Å². The van der Waals surface area contributed by atoms with Crippen molar-refractivity contribution in [1.82, 2.24) is 14.8 Å². The molecule has 1 aliphatic carbocycles. The maximum atomic E-state index is 13.0. The van der Waals surface area contributed by atoms with Crippen molar-refractivity contribution in [2.75, 3.05) is 64.4 Å². The van der Waals surface area contributed by atoms with Crippen LogP contribution in [0.5, 0.6) is 0 Å². The van der Waals surface area contributed by atoms with Crippen LogP contribution in [-0.4, -0.2) is 86.2 Å². The predicted octanol–water partition coefficient (Wildman–Crippen LogP) is 2.03. The Bertz CT molecular complexity index is 856. The summed E-state index contributed by atoms with van der Waals surface area (Å²) in [5.41, 5.74) is 0.725. The quantitative estimate of drug-likeness (QED) is 0.646. The smallest absolute Gasteiger partial charge is 0.358 e. The number of likely N-dealkylation sites (tertiary alicyclic amines) is 1. The number of fused-ring (bicyclic) bond motifs is 2. The standard InChI is InChI=1S/C24H34N4O4/c1-26(12-13-27-10-2-3-11-27)22(29)18-6-8-24(9-7-18)19-4-5-20(25-21(19)23(30)32-24)28-14-16-31-17-15-28/h4-5,18H,2-3,6-17H2,1H3/t18-,24-. The Morgan fingerprint density at radius 1 is 1.16 bits per heavy atom. The van der Waals surface area contributed by atoms with Gasteiger partial charge in [0.15, 0.2) is 5.69 Å². The van der Waals surface area contributed by atoms with Crippen molar-refractivity contribution in [2.45, 2.75) is 44.1 Å². The SMILES string of the molecule is CN(CCN1CCCC1)C(=O)[C@H]1CC[C@@]2(CC1)OC(=O)c1nc(N3CCOCC3)ccc12. The molecular formula is C24H34N4O4. The molecule has 5 rings (SSSR count). The maximum Gasteiger partial charge on any atom is 0.358 e. The molecule has 3 fully saturated rings. The number of nitrogens with zero attached hydrogens (tertiary/aromatic N) is 4. The minimum Gasteiger partial charge on any atom is -0.449 e. The molecule has 0 radical (unpaired) electrons. The minimum absolute atomic E-state index is 0.00698. The molecule has 32 heavy (non-hydrogen) atoms. The molecule has 1 aromatic rings. The van der Waals surface area contributed by atoms with Crippen LogP contribution in [0.2, 0.25) is 0 Å². The molecule has 3 aliphatic heterocycles. The zero-order valence-electron chi connectivity index (χ0n) is 19.1. The molecule has 4 heterocycles. The summed E-state index contributed by atoms with van der Waals surface area (Å²) < 4.78 is 11.3. The van der Waals surface area contributed by atoms with E-state index in [-0.39, 0.29) is 17.8 Å². The Kier molecular flexibility index (Phi) is 6.07. The van der Waals surface area contributed by atoms with Crippen LogP contribution in [-0.2, 0) is 19.9 Å². The van der Waals surface area contributed by atoms with Crippen LogP contribution >= 0.6 is 0 Å². The van der Waals surface area contributed by atoms with Gasteiger partial charge in [-0.05, 0) is 63.7 Å². The van der Waals surface area contributed by atoms with Crippen molar-refractivity contribution in [1.29, 1.82) is 0 Å². The van der Waals surface area contributed by atoms with E-state index in [0.29, 0.717) is 31.7 Å². The average molecular weight is 443 g/mol. The molecule has 1 saturated carbocycles. The normalized spacial score (nSPS) is 28.1. The number of likely N-dealkylation sites (N-methyl/N-ethyl adjacent to an activating group) is 1. The Hall–Kier alpha value is -2.19. The first-order valence-electron chi connectivity index (χ1n) is 12.1. The van der Waals surface area contributed by atoms with Crippen molar-refractivity contribution in [3.8, 4) is 0 Å². The number of carbonyl (C=O) groups is 2. The van der Waals surface area contributed by atoms with Crippen LogP contribution in [0.4, 0.5) is 5.82 Å². The van der Waals surface area contributed by atoms with Gasteiger partial charge in [0, 0.05) is 44.7 Å². The largest absolute Gasteiger partial charge is 0.449 e. The highest BCUT2D eigenvalue weighted by Crippen LogP contribution is 2.48. The molecule has 8 nitrogen and oxygen atoms in total. The topological polar surface area (TPSA) is 75.2 Å². The number of amides is 1. The number of hydrogen-bond donors (Lipinski definition) is 0. The van der Waals surface area contributed by atoms with E-state index in [0.717, 1.165) is 63.5 Å². The molecule has 1 spiro atoms. The average Bonchev–Trinajstić information content (AvgIpc) is 3.45. The van der Waals surface area contributed by atoms with Gasteiger partial charge >= 0.3 is 5.97 Å². The van der Waals surface area contributed by atoms with Gasteiger partial charge in [0.05, 0.1) is 13.2 Å². The third kappa shape index (κ3) is 4.10. The van der Waals surface area contributed by atoms with Gasteiger partial charge in [-0.2, -0.15) is 0 Å². The van der Waals surface area contributed by atoms with Crippen LogP contribution in [0.25, 0.3) is 0 Å². The second kappa shape index (κ2) is 8.98. The summed E-state index contributed by atoms with van der Waals surface area (Å²) in [7, 11) is 1.92. The fraction of sp³-hybridized carbons (Fsp3) is 0.708. The Balaban J connectivity index is 1.21. The molecule has 174 valence electrons. The van der Waals surface area contributed by atoms with Crippen LogP contribution in [0.15, 0.2) is 12.1 Å². The van der Waals surface area contributed by atoms with E-state index < -0.39 is 5.60 Å². The van der Waals surface area contributed by atoms with Crippen molar-refractivity contribution in [3.05, 3.63) is 23.4 Å². The fourth-order valence-electron chi connectivity index (χ4n) is 5.64. The molecule has 8 heteroatoms. The molecule has 0 aromatic carbocycles. The predicted molar refractivity (Wildman–Crippen MR) is 120 cm³/mol. The summed E-state index contributed by atoms with van der Waals surface area (Å²) >= 11 is 0. The first-order chi connectivity index (χ1) is 15.6. The highest BCUT2D eigenvalue weighted by atomic mass is 16.6. The zero-order valence-corrected chi connectivity index (χ0v) is 19.1. The summed E-state index contributed by atoms with van der Waals surface area (Å²) in [6, 6.07) is 4.01. The number of ether oxygens (including phenoxy) is 2. The molecular weight excluding hydrogens is 408 g/mol. The minimum atomic E-state index is -0.617. The number of aromatic nitrogens is 1. The number of pyridine rings is 1. The van der Waals surface area contributed by atoms with E-state index in [1.165, 1.54) is 12.8 Å². The summed E-state index contributed by atoms with van der Waals surface area (Å²) in [6.07, 6.45) is 5.38. The fourth-order valence-corrected chi connectivity index (χ4v) is 5.64. The molecule has 0 bridgehead atoms. The summed E-state index contributed by atoms with van der Waals surface area (Å²) in [4.78, 5) is 36.9. The lowest BCUT2D eigenvalue weighted by molar-refractivity contribution is -0.137. The van der Waals surface area contributed by atoms with E-state index in [2.05, 4.69) is 14.8 Å². The molecule has 0 unspecified atom stereocenters. The maximum absolute atomic E-state index is 13.0. The summed E-state index contributed by atoms with van der Waals surface area (Å²) in [5.74, 6) is 0.712. The van der Waals surface area contributed by atoms with Gasteiger partial charge in [-0.25, -0.2) is 9.78 Å². The summed E-state index contributed by atoms with van der Waals surface area (Å²) in [5, 5.41) is 0. The Labute approximate surface area is 189 Å². The van der Waals surface area contributed by atoms with Gasteiger partial charge in [-0.1, -0.05) is 0 Å². The molecule has 0 atom stereocenters. The number of anilines is 1. The number of esters is 1. The molecule has 1 aromatic heterocycles. The second-order valence-corrected chi connectivity index (χ2v) is 9.63. The Morgan fingerprint density at radius 2 is 1.88 bits per heavy atom. The van der Waals surface area contributed by atoms with Gasteiger partial charge in [0.25, 0.3) is 0 Å². The van der Waals surface area contributed by atoms with E-state index in [4.69, 9.17) is 9.47 Å². The number of morpholine rings is 1. The van der Waals surface area contributed by atoms with E-state index in [1.54, 1.807) is 0 Å². The molecule has 0 N–H and O–H groups in total. The molecule has 1 amide bonds. The monoisotopic (exact) mass is 442 g/mol. The molecule has 4 aliphatic rings. The highest BCUT2D eigenvalue weighted by molar-refractivity contribution is 5.93. The third-order valence-electron chi connectivity index (χ3n) is 7.66. The van der Waals surface area contributed by atoms with Crippen molar-refractivity contribution < 1.29 is 19.1 Å². The second-order valence-electron chi connectivity index (χ2n) is 9.63. The Morgan fingerprint density at radius 3 is 2.59 bits per heavy atom. The van der Waals surface area contributed by atoms with E-state index in [1.807, 2.05) is 24.1 Å². The number of carbonyl (C=O) groups excluding carboxylic acids is 2. The number of rotatable bonds is 5. The summed E-state index contributed by atoms with van der Waals surface area (Å²) in [6.45, 7) is 6.96. The van der Waals surface area contributed by atoms with Crippen LogP contribution < -0.4 is 4.90 Å². The van der Waals surface area contributed by atoms with Crippen LogP contribution in [0.3, 0.4) is 0 Å². The van der Waals surface area contributed by atoms with Gasteiger partial charge in [0.2, 0.25) is 5.91 Å². The zero-order chi connectivity index (χ0) is 22.1. The highest BCUT2D eigenvalue weighted by Gasteiger charge is 2.49. The van der Waals surface area contributed by atoms with Gasteiger partial charge < -0.3 is 24.2 Å². The van der Waals surface area contributed by atoms with Crippen molar-refractivity contribution in [3.63, 3.8) is 0 Å². The van der Waals surface area contributed by atoms with Gasteiger partial charge in [-0.3, -0.25) is 4.79 Å². The first kappa shape index (κ1) is 21.6. The lowest BCUT2D eigenvalue weighted by atomic mass is 9.75. The van der Waals surface area contributed by atoms with Gasteiger partial charge in [-0.15, -0.1) is 0 Å². The van der Waals surface area contributed by atoms with Crippen LogP contribution in [0, 0.1) is 5.92 Å². The third-order valence-corrected chi connectivity index (χ3v) is 7.66. The van der Waals surface area contributed by atoms with E-state index >= 15 is 0 Å². The lowest BCUT2D eigenvalue weighted by Gasteiger charge is -2.37.